The minimum Gasteiger partial charge on any atom is -0.461 e. The maximum Gasteiger partial charge on any atom is 0.360 e. The number of nitrogens with two attached hydrogens (primary N) is 1. The number of amides is 1. The number of carbonyl (C=O) groups excluding carboxylic acids is 2. The number of nitrogen functional groups attached to an aromatic ring is 1. The highest BCUT2D eigenvalue weighted by molar-refractivity contribution is 7.19. The summed E-state index contributed by atoms with van der Waals surface area (Å²) in [5.41, 5.74) is 6.13. The second kappa shape index (κ2) is 6.11. The summed E-state index contributed by atoms with van der Waals surface area (Å²) in [6, 6.07) is 3.14. The molecule has 0 bridgehead atoms. The Hall–Kier alpha value is -2.48. The summed E-state index contributed by atoms with van der Waals surface area (Å²) in [5.74, 6) is -0.956. The first-order chi connectivity index (χ1) is 9.61. The highest BCUT2D eigenvalue weighted by Gasteiger charge is 2.18. The van der Waals surface area contributed by atoms with Crippen LogP contribution in [-0.4, -0.2) is 28.5 Å². The highest BCUT2D eigenvalue weighted by atomic mass is 32.1. The third-order valence-corrected chi connectivity index (χ3v) is 3.09. The number of carbonyl (C=O) groups is 2. The molecule has 0 saturated heterocycles. The van der Waals surface area contributed by atoms with Crippen molar-refractivity contribution in [3.8, 4) is 0 Å². The van der Waals surface area contributed by atoms with Gasteiger partial charge in [0.15, 0.2) is 10.8 Å². The molecule has 0 unspecified atom stereocenters. The second-order valence-electron chi connectivity index (χ2n) is 3.64. The minimum absolute atomic E-state index is 0.0156. The first-order valence-electron chi connectivity index (χ1n) is 5.76. The molecule has 3 N–H and O–H groups in total. The van der Waals surface area contributed by atoms with E-state index in [1.165, 1.54) is 12.4 Å². The molecule has 2 aromatic rings. The summed E-state index contributed by atoms with van der Waals surface area (Å²) in [5, 5.41) is 3.01. The number of pyridine rings is 1. The van der Waals surface area contributed by atoms with Crippen molar-refractivity contribution in [2.24, 2.45) is 0 Å². The molecule has 104 valence electrons. The van der Waals surface area contributed by atoms with Crippen molar-refractivity contribution in [1.29, 1.82) is 0 Å². The Labute approximate surface area is 118 Å². The lowest BCUT2D eigenvalue weighted by molar-refractivity contribution is 0.0521. The van der Waals surface area contributed by atoms with Crippen molar-refractivity contribution in [3.05, 3.63) is 35.8 Å². The van der Waals surface area contributed by atoms with Gasteiger partial charge in [-0.05, 0) is 19.1 Å². The van der Waals surface area contributed by atoms with Crippen LogP contribution in [-0.2, 0) is 4.74 Å². The Balaban J connectivity index is 2.13. The Morgan fingerprint density at radius 3 is 2.75 bits per heavy atom. The van der Waals surface area contributed by atoms with Gasteiger partial charge in [0.2, 0.25) is 0 Å². The van der Waals surface area contributed by atoms with Gasteiger partial charge >= 0.3 is 5.97 Å². The predicted molar refractivity (Wildman–Crippen MR) is 74.7 cm³/mol. The van der Waals surface area contributed by atoms with Gasteiger partial charge in [-0.2, -0.15) is 0 Å². The van der Waals surface area contributed by atoms with E-state index in [2.05, 4.69) is 15.3 Å². The Morgan fingerprint density at radius 2 is 2.10 bits per heavy atom. The maximum absolute atomic E-state index is 11.9. The van der Waals surface area contributed by atoms with E-state index in [0.29, 0.717) is 5.56 Å². The zero-order valence-electron chi connectivity index (χ0n) is 10.6. The van der Waals surface area contributed by atoms with E-state index in [1.54, 1.807) is 19.1 Å². The van der Waals surface area contributed by atoms with Crippen molar-refractivity contribution in [2.75, 3.05) is 17.7 Å². The maximum atomic E-state index is 11.9. The van der Waals surface area contributed by atoms with Crippen LogP contribution in [0.5, 0.6) is 0 Å². The van der Waals surface area contributed by atoms with Gasteiger partial charge in [-0.1, -0.05) is 11.3 Å². The smallest absolute Gasteiger partial charge is 0.360 e. The van der Waals surface area contributed by atoms with E-state index in [9.17, 15) is 9.59 Å². The quantitative estimate of drug-likeness (QED) is 0.828. The van der Waals surface area contributed by atoms with E-state index < -0.39 is 5.97 Å². The van der Waals surface area contributed by atoms with Crippen LogP contribution < -0.4 is 11.1 Å². The molecule has 8 heteroatoms. The summed E-state index contributed by atoms with van der Waals surface area (Å²) in [7, 11) is 0. The molecule has 2 heterocycles. The van der Waals surface area contributed by atoms with Gasteiger partial charge in [-0.25, -0.2) is 9.78 Å². The van der Waals surface area contributed by atoms with Gasteiger partial charge in [0, 0.05) is 18.0 Å². The van der Waals surface area contributed by atoms with Crippen LogP contribution in [0.4, 0.5) is 10.1 Å². The molecule has 2 rings (SSSR count). The van der Waals surface area contributed by atoms with E-state index in [1.807, 2.05) is 0 Å². The van der Waals surface area contributed by atoms with Crippen molar-refractivity contribution >= 4 is 33.3 Å². The largest absolute Gasteiger partial charge is 0.461 e. The normalized spacial score (nSPS) is 10.1. The van der Waals surface area contributed by atoms with Crippen LogP contribution >= 0.6 is 11.3 Å². The molecule has 0 aliphatic rings. The van der Waals surface area contributed by atoms with Gasteiger partial charge in [0.25, 0.3) is 5.91 Å². The third-order valence-electron chi connectivity index (χ3n) is 2.29. The van der Waals surface area contributed by atoms with Crippen molar-refractivity contribution < 1.29 is 14.3 Å². The molecule has 2 aromatic heterocycles. The topological polar surface area (TPSA) is 107 Å². The number of esters is 1. The first-order valence-corrected chi connectivity index (χ1v) is 6.58. The molecular formula is C12H12N4O3S. The van der Waals surface area contributed by atoms with Crippen LogP contribution in [0.1, 0.15) is 27.8 Å². The number of hydrogen-bond acceptors (Lipinski definition) is 7. The third kappa shape index (κ3) is 3.09. The van der Waals surface area contributed by atoms with Gasteiger partial charge in [0.1, 0.15) is 5.00 Å². The molecule has 20 heavy (non-hydrogen) atoms. The van der Waals surface area contributed by atoms with E-state index >= 15 is 0 Å². The average molecular weight is 292 g/mol. The van der Waals surface area contributed by atoms with Crippen molar-refractivity contribution in [1.82, 2.24) is 9.97 Å². The number of ether oxygens (including phenoxy) is 1. The number of thiazole rings is 1. The van der Waals surface area contributed by atoms with E-state index in [0.717, 1.165) is 11.3 Å². The number of hydrogen-bond donors (Lipinski definition) is 2. The number of anilines is 2. The zero-order chi connectivity index (χ0) is 14.5. The fourth-order valence-corrected chi connectivity index (χ4v) is 2.12. The second-order valence-corrected chi connectivity index (χ2v) is 4.67. The average Bonchev–Trinajstić information content (AvgIpc) is 2.81. The fourth-order valence-electron chi connectivity index (χ4n) is 1.40. The Kier molecular flexibility index (Phi) is 4.26. The number of nitrogens with zero attached hydrogens (tertiary/aromatic N) is 2. The summed E-state index contributed by atoms with van der Waals surface area (Å²) in [4.78, 5) is 31.2. The molecule has 0 aliphatic carbocycles. The standard InChI is InChI=1S/C12H12N4O3S/c1-2-19-11(18)8-9(13)20-12(15-8)16-10(17)7-3-5-14-6-4-7/h3-6H,2,13H2,1H3,(H,15,16,17). The fraction of sp³-hybridized carbons (Fsp3) is 0.167. The molecule has 0 saturated carbocycles. The van der Waals surface area contributed by atoms with Gasteiger partial charge in [-0.15, -0.1) is 0 Å². The summed E-state index contributed by atoms with van der Waals surface area (Å²) in [6.45, 7) is 1.92. The van der Waals surface area contributed by atoms with Crippen LogP contribution in [0.2, 0.25) is 0 Å². The molecule has 7 nitrogen and oxygen atoms in total. The number of rotatable bonds is 4. The molecular weight excluding hydrogens is 280 g/mol. The summed E-state index contributed by atoms with van der Waals surface area (Å²) < 4.78 is 4.82. The number of nitrogens with one attached hydrogen (secondary N) is 1. The molecule has 0 spiro atoms. The van der Waals surface area contributed by atoms with E-state index in [4.69, 9.17) is 10.5 Å². The van der Waals surface area contributed by atoms with Crippen molar-refractivity contribution in [3.63, 3.8) is 0 Å². The lowest BCUT2D eigenvalue weighted by Gasteiger charge is -2.00. The first kappa shape index (κ1) is 13.9. The molecule has 1 amide bonds. The molecule has 0 fully saturated rings. The Morgan fingerprint density at radius 1 is 1.40 bits per heavy atom. The Bertz CT molecular complexity index is 627. The molecule has 0 atom stereocenters. The predicted octanol–water partition coefficient (Wildman–Crippen LogP) is 1.55. The van der Waals surface area contributed by atoms with Gasteiger partial charge < -0.3 is 10.5 Å². The van der Waals surface area contributed by atoms with Crippen LogP contribution in [0, 0.1) is 0 Å². The molecule has 0 aromatic carbocycles. The lowest BCUT2D eigenvalue weighted by Crippen LogP contribution is -2.12. The summed E-state index contributed by atoms with van der Waals surface area (Å²) in [6.07, 6.45) is 3.02. The van der Waals surface area contributed by atoms with Crippen LogP contribution in [0.25, 0.3) is 0 Å². The highest BCUT2D eigenvalue weighted by Crippen LogP contribution is 2.26. The van der Waals surface area contributed by atoms with Gasteiger partial charge in [-0.3, -0.25) is 15.1 Å². The monoisotopic (exact) mass is 292 g/mol. The summed E-state index contributed by atoms with van der Waals surface area (Å²) >= 11 is 1.01. The lowest BCUT2D eigenvalue weighted by atomic mass is 10.2. The van der Waals surface area contributed by atoms with Gasteiger partial charge in [0.05, 0.1) is 6.61 Å². The van der Waals surface area contributed by atoms with Crippen LogP contribution in [0.15, 0.2) is 24.5 Å². The molecule has 0 radical (unpaired) electrons. The molecule has 0 aliphatic heterocycles. The minimum atomic E-state index is -0.606. The van der Waals surface area contributed by atoms with Crippen LogP contribution in [0.3, 0.4) is 0 Å². The number of aromatic nitrogens is 2. The van der Waals surface area contributed by atoms with E-state index in [-0.39, 0.29) is 28.3 Å². The SMILES string of the molecule is CCOC(=O)c1nc(NC(=O)c2ccncc2)sc1N. The zero-order valence-corrected chi connectivity index (χ0v) is 11.4. The van der Waals surface area contributed by atoms with Crippen molar-refractivity contribution in [2.45, 2.75) is 6.92 Å².